The number of piperidine rings is 1. The highest BCUT2D eigenvalue weighted by atomic mass is 15.2. The van der Waals surface area contributed by atoms with Gasteiger partial charge in [-0.2, -0.15) is 0 Å². The molecule has 0 amide bonds. The van der Waals surface area contributed by atoms with E-state index in [9.17, 15) is 0 Å². The fourth-order valence-corrected chi connectivity index (χ4v) is 5.06. The van der Waals surface area contributed by atoms with Crippen molar-refractivity contribution in [1.82, 2.24) is 10.2 Å². The van der Waals surface area contributed by atoms with Crippen LogP contribution in [-0.4, -0.2) is 31.1 Å². The van der Waals surface area contributed by atoms with Gasteiger partial charge in [-0.25, -0.2) is 0 Å². The maximum Gasteiger partial charge on any atom is 0.0460 e. The summed E-state index contributed by atoms with van der Waals surface area (Å²) in [7, 11) is 1.99. The summed E-state index contributed by atoms with van der Waals surface area (Å²) in [4.78, 5) is 2.81. The summed E-state index contributed by atoms with van der Waals surface area (Å²) in [5.74, 6) is 0. The van der Waals surface area contributed by atoms with E-state index in [0.29, 0.717) is 11.6 Å². The number of likely N-dealkylation sites (tertiary alicyclic amines) is 1. The molecule has 2 heteroatoms. The first-order chi connectivity index (χ1) is 14.2. The van der Waals surface area contributed by atoms with E-state index in [1.54, 1.807) is 5.56 Å². The number of rotatable bonds is 5. The Morgan fingerprint density at radius 3 is 1.93 bits per heavy atom. The summed E-state index contributed by atoms with van der Waals surface area (Å²) < 4.78 is 0. The van der Waals surface area contributed by atoms with Crippen molar-refractivity contribution < 1.29 is 0 Å². The van der Waals surface area contributed by atoms with Crippen LogP contribution in [0.1, 0.15) is 69.4 Å². The summed E-state index contributed by atoms with van der Waals surface area (Å²) >= 11 is 0. The molecule has 2 aromatic rings. The van der Waals surface area contributed by atoms with Crippen LogP contribution in [0.2, 0.25) is 0 Å². The van der Waals surface area contributed by atoms with Crippen molar-refractivity contribution in [2.75, 3.05) is 20.1 Å². The lowest BCUT2D eigenvalue weighted by Gasteiger charge is -2.48. The highest BCUT2D eigenvalue weighted by Gasteiger charge is 2.39. The van der Waals surface area contributed by atoms with Crippen LogP contribution in [0, 0.1) is 0 Å². The van der Waals surface area contributed by atoms with Crippen molar-refractivity contribution in [2.45, 2.75) is 76.3 Å². The zero-order chi connectivity index (χ0) is 20.4. The molecule has 0 spiro atoms. The molecule has 0 bridgehead atoms. The van der Waals surface area contributed by atoms with Gasteiger partial charge in [0.05, 0.1) is 0 Å². The van der Waals surface area contributed by atoms with Crippen LogP contribution >= 0.6 is 0 Å². The van der Waals surface area contributed by atoms with Gasteiger partial charge in [0.1, 0.15) is 0 Å². The maximum absolute atomic E-state index is 3.21. The fraction of sp³-hybridized carbons (Fsp3) is 0.556. The van der Waals surface area contributed by atoms with Crippen molar-refractivity contribution in [3.8, 4) is 0 Å². The van der Waals surface area contributed by atoms with Crippen molar-refractivity contribution in [3.05, 3.63) is 71.8 Å². The predicted molar refractivity (Wildman–Crippen MR) is 125 cm³/mol. The fourth-order valence-electron chi connectivity index (χ4n) is 5.06. The molecular formula is C27H40N2. The van der Waals surface area contributed by atoms with E-state index >= 15 is 0 Å². The minimum atomic E-state index is 0.375. The Balaban J connectivity index is 0.000000188. The third kappa shape index (κ3) is 6.17. The van der Waals surface area contributed by atoms with Crippen LogP contribution in [0.5, 0.6) is 0 Å². The van der Waals surface area contributed by atoms with E-state index in [1.807, 2.05) is 13.1 Å². The molecule has 29 heavy (non-hydrogen) atoms. The Kier molecular flexibility index (Phi) is 8.76. The molecule has 1 aliphatic heterocycles. The van der Waals surface area contributed by atoms with E-state index in [0.717, 1.165) is 6.42 Å². The third-order valence-electron chi connectivity index (χ3n) is 6.83. The molecule has 0 aromatic heterocycles. The molecule has 2 aliphatic rings. The summed E-state index contributed by atoms with van der Waals surface area (Å²) in [6.45, 7) is 4.82. The SMILES string of the molecule is CN[C@@H](C)Cc1ccccc1.c1ccc(C2(N3CCCCC3)CCCCC2)cc1. The lowest BCUT2D eigenvalue weighted by atomic mass is 9.74. The molecule has 158 valence electrons. The van der Waals surface area contributed by atoms with E-state index in [4.69, 9.17) is 0 Å². The lowest BCUT2D eigenvalue weighted by molar-refractivity contribution is 0.0303. The van der Waals surface area contributed by atoms with Gasteiger partial charge in [-0.1, -0.05) is 86.3 Å². The van der Waals surface area contributed by atoms with Gasteiger partial charge in [-0.3, -0.25) is 4.90 Å². The molecule has 2 fully saturated rings. The quantitative estimate of drug-likeness (QED) is 0.654. The van der Waals surface area contributed by atoms with Gasteiger partial charge >= 0.3 is 0 Å². The number of hydrogen-bond acceptors (Lipinski definition) is 2. The Morgan fingerprint density at radius 2 is 1.34 bits per heavy atom. The van der Waals surface area contributed by atoms with E-state index in [2.05, 4.69) is 71.7 Å². The molecule has 1 atom stereocenters. The molecule has 4 rings (SSSR count). The van der Waals surface area contributed by atoms with Gasteiger partial charge < -0.3 is 5.32 Å². The Bertz CT molecular complexity index is 670. The zero-order valence-corrected chi connectivity index (χ0v) is 18.6. The third-order valence-corrected chi connectivity index (χ3v) is 6.83. The number of likely N-dealkylation sites (N-methyl/N-ethyl adjacent to an activating group) is 1. The largest absolute Gasteiger partial charge is 0.317 e. The van der Waals surface area contributed by atoms with Crippen molar-refractivity contribution >= 4 is 0 Å². The Labute approximate surface area is 178 Å². The number of benzene rings is 2. The predicted octanol–water partition coefficient (Wildman–Crippen LogP) is 6.17. The summed E-state index contributed by atoms with van der Waals surface area (Å²) in [5.41, 5.74) is 3.35. The van der Waals surface area contributed by atoms with Crippen LogP contribution < -0.4 is 5.32 Å². The van der Waals surface area contributed by atoms with E-state index < -0.39 is 0 Å². The summed E-state index contributed by atoms with van der Waals surface area (Å²) in [6.07, 6.45) is 12.3. The first kappa shape index (κ1) is 22.1. The van der Waals surface area contributed by atoms with Gasteiger partial charge in [0.2, 0.25) is 0 Å². The molecule has 0 radical (unpaired) electrons. The van der Waals surface area contributed by atoms with Crippen molar-refractivity contribution in [1.29, 1.82) is 0 Å². The molecule has 0 unspecified atom stereocenters. The molecule has 1 N–H and O–H groups in total. The van der Waals surface area contributed by atoms with Gasteiger partial charge in [0, 0.05) is 11.6 Å². The first-order valence-corrected chi connectivity index (χ1v) is 11.8. The average molecular weight is 393 g/mol. The minimum Gasteiger partial charge on any atom is -0.317 e. The maximum atomic E-state index is 3.21. The van der Waals surface area contributed by atoms with Gasteiger partial charge in [0.15, 0.2) is 0 Å². The van der Waals surface area contributed by atoms with Crippen LogP contribution in [0.15, 0.2) is 60.7 Å². The van der Waals surface area contributed by atoms with Crippen molar-refractivity contribution in [3.63, 3.8) is 0 Å². The monoisotopic (exact) mass is 392 g/mol. The van der Waals surface area contributed by atoms with Crippen LogP contribution in [0.4, 0.5) is 0 Å². The summed E-state index contributed by atoms with van der Waals surface area (Å²) in [6, 6.07) is 22.4. The first-order valence-electron chi connectivity index (χ1n) is 11.8. The number of nitrogens with zero attached hydrogens (tertiary/aromatic N) is 1. The second-order valence-electron chi connectivity index (χ2n) is 8.89. The highest BCUT2D eigenvalue weighted by molar-refractivity contribution is 5.25. The standard InChI is InChI=1S/C17H25N.C10H15N/c1-4-10-16(11-5-1)17(12-6-2-7-13-17)18-14-8-3-9-15-18;1-9(11-2)8-10-6-4-3-5-7-10/h1,4-5,10-11H,2-3,6-9,12-15H2;3-7,9,11H,8H2,1-2H3/t;9-/m.0/s1. The topological polar surface area (TPSA) is 15.3 Å². The smallest absolute Gasteiger partial charge is 0.0460 e. The lowest BCUT2D eigenvalue weighted by Crippen LogP contribution is -2.49. The van der Waals surface area contributed by atoms with Crippen molar-refractivity contribution in [2.24, 2.45) is 0 Å². The highest BCUT2D eigenvalue weighted by Crippen LogP contribution is 2.43. The second kappa shape index (κ2) is 11.5. The van der Waals surface area contributed by atoms with Crippen LogP contribution in [0.3, 0.4) is 0 Å². The Hall–Kier alpha value is -1.64. The van der Waals surface area contributed by atoms with Crippen LogP contribution in [-0.2, 0) is 12.0 Å². The molecule has 1 saturated carbocycles. The average Bonchev–Trinajstić information content (AvgIpc) is 2.82. The van der Waals surface area contributed by atoms with E-state index in [-0.39, 0.29) is 0 Å². The second-order valence-corrected chi connectivity index (χ2v) is 8.89. The molecular weight excluding hydrogens is 352 g/mol. The molecule has 1 aliphatic carbocycles. The number of hydrogen-bond donors (Lipinski definition) is 1. The molecule has 2 aromatic carbocycles. The number of nitrogens with one attached hydrogen (secondary N) is 1. The Morgan fingerprint density at radius 1 is 0.793 bits per heavy atom. The van der Waals surface area contributed by atoms with Gasteiger partial charge in [-0.05, 0) is 70.3 Å². The molecule has 1 heterocycles. The van der Waals surface area contributed by atoms with Gasteiger partial charge in [-0.15, -0.1) is 0 Å². The molecule has 2 nitrogen and oxygen atoms in total. The summed E-state index contributed by atoms with van der Waals surface area (Å²) in [5, 5.41) is 3.21. The van der Waals surface area contributed by atoms with E-state index in [1.165, 1.54) is 70.0 Å². The molecule has 1 saturated heterocycles. The normalized spacial score (nSPS) is 20.3. The van der Waals surface area contributed by atoms with Crippen LogP contribution in [0.25, 0.3) is 0 Å². The van der Waals surface area contributed by atoms with Gasteiger partial charge in [0.25, 0.3) is 0 Å². The minimum absolute atomic E-state index is 0.375. The zero-order valence-electron chi connectivity index (χ0n) is 18.6.